The highest BCUT2D eigenvalue weighted by atomic mass is 32.2. The predicted octanol–water partition coefficient (Wildman–Crippen LogP) is 6.05. The number of halogens is 4. The number of alkyl halides is 3. The molecule has 2 heterocycles. The van der Waals surface area contributed by atoms with Crippen molar-refractivity contribution >= 4 is 34.0 Å². The van der Waals surface area contributed by atoms with Crippen LogP contribution in [0.4, 0.5) is 28.9 Å². The van der Waals surface area contributed by atoms with Gasteiger partial charge in [0.25, 0.3) is 0 Å². The molecule has 38 heavy (non-hydrogen) atoms. The van der Waals surface area contributed by atoms with Gasteiger partial charge < -0.3 is 24.8 Å². The first-order chi connectivity index (χ1) is 18.3. The van der Waals surface area contributed by atoms with E-state index in [0.717, 1.165) is 43.1 Å². The molecule has 10 heteroatoms. The second-order valence-electron chi connectivity index (χ2n) is 9.22. The molecule has 0 aliphatic carbocycles. The van der Waals surface area contributed by atoms with Crippen LogP contribution in [0.1, 0.15) is 18.5 Å². The molecule has 1 aliphatic heterocycles. The van der Waals surface area contributed by atoms with Gasteiger partial charge in [-0.1, -0.05) is 12.0 Å². The topological polar surface area (TPSA) is 41.5 Å². The number of hydrogen-bond acceptors (Lipinski definition) is 5. The highest BCUT2D eigenvalue weighted by Gasteiger charge is 2.30. The van der Waals surface area contributed by atoms with E-state index >= 15 is 0 Å². The third kappa shape index (κ3) is 7.37. The summed E-state index contributed by atoms with van der Waals surface area (Å²) < 4.78 is 61.0. The van der Waals surface area contributed by atoms with E-state index in [1.807, 2.05) is 12.3 Å². The van der Waals surface area contributed by atoms with E-state index < -0.39 is 18.5 Å². The summed E-state index contributed by atoms with van der Waals surface area (Å²) in [7, 11) is 1.69. The van der Waals surface area contributed by atoms with Crippen molar-refractivity contribution in [1.29, 1.82) is 0 Å². The van der Waals surface area contributed by atoms with Crippen molar-refractivity contribution in [2.45, 2.75) is 36.5 Å². The van der Waals surface area contributed by atoms with Gasteiger partial charge in [-0.05, 0) is 61.4 Å². The Hall–Kier alpha value is -2.87. The average molecular weight is 549 g/mol. The monoisotopic (exact) mass is 548 g/mol. The van der Waals surface area contributed by atoms with Crippen molar-refractivity contribution in [2.75, 3.05) is 56.8 Å². The molecule has 0 amide bonds. The molecule has 1 aromatic heterocycles. The molecule has 2 N–H and O–H groups in total. The number of thioether (sulfide) groups is 1. The number of rotatable bonds is 9. The van der Waals surface area contributed by atoms with Crippen molar-refractivity contribution < 1.29 is 22.3 Å². The number of hydrogen-bond donors (Lipinski definition) is 2. The standard InChI is InChI=1S/C28H32F4N4OS/c1-37-16-15-35-13-10-20(11-14-35)34-25-6-3-7-27-23(25)17-21(36(27)19-28(30,31)32)5-4-12-33-26-9-8-22(38-2)18-24(26)29/h3,6-9,17-18,20,33-34H,10-16,19H2,1-2H3. The zero-order valence-corrected chi connectivity index (χ0v) is 22.3. The largest absolute Gasteiger partial charge is 0.406 e. The number of ether oxygens (including phenoxy) is 1. The second kappa shape index (κ2) is 12.8. The van der Waals surface area contributed by atoms with Crippen LogP contribution >= 0.6 is 11.8 Å². The minimum absolute atomic E-state index is 0.0931. The molecule has 1 fully saturated rings. The molecule has 3 aromatic rings. The number of likely N-dealkylation sites (tertiary alicyclic amines) is 1. The van der Waals surface area contributed by atoms with Crippen molar-refractivity contribution in [2.24, 2.45) is 0 Å². The Morgan fingerprint density at radius 1 is 1.11 bits per heavy atom. The maximum atomic E-state index is 14.2. The van der Waals surface area contributed by atoms with Crippen LogP contribution in [0.15, 0.2) is 47.4 Å². The average Bonchev–Trinajstić information content (AvgIpc) is 3.23. The third-order valence-corrected chi connectivity index (χ3v) is 7.33. The zero-order valence-electron chi connectivity index (χ0n) is 21.5. The number of benzene rings is 2. The van der Waals surface area contributed by atoms with Crippen molar-refractivity contribution in [3.05, 3.63) is 54.0 Å². The molecule has 4 rings (SSSR count). The van der Waals surface area contributed by atoms with Crippen LogP contribution in [0.25, 0.3) is 10.9 Å². The first-order valence-electron chi connectivity index (χ1n) is 12.5. The summed E-state index contributed by atoms with van der Waals surface area (Å²) in [6, 6.07) is 12.1. The lowest BCUT2D eigenvalue weighted by Gasteiger charge is -2.32. The molecule has 5 nitrogen and oxygen atoms in total. The molecule has 0 atom stereocenters. The summed E-state index contributed by atoms with van der Waals surface area (Å²) >= 11 is 1.44. The van der Waals surface area contributed by atoms with Crippen LogP contribution in [0.3, 0.4) is 0 Å². The first kappa shape index (κ1) is 28.1. The van der Waals surface area contributed by atoms with Crippen LogP contribution in [0.5, 0.6) is 0 Å². The normalized spacial score (nSPS) is 14.9. The second-order valence-corrected chi connectivity index (χ2v) is 10.1. The molecule has 0 radical (unpaired) electrons. The summed E-state index contributed by atoms with van der Waals surface area (Å²) in [5.74, 6) is 5.33. The SMILES string of the molecule is COCCN1CCC(Nc2cccc3c2cc(C#CCNc2ccc(SC)cc2F)n3CC(F)(F)F)CC1. The Kier molecular flexibility index (Phi) is 9.47. The van der Waals surface area contributed by atoms with Gasteiger partial charge in [0.2, 0.25) is 0 Å². The smallest absolute Gasteiger partial charge is 0.383 e. The lowest BCUT2D eigenvalue weighted by Crippen LogP contribution is -2.40. The van der Waals surface area contributed by atoms with E-state index in [9.17, 15) is 17.6 Å². The number of piperidine rings is 1. The van der Waals surface area contributed by atoms with Crippen LogP contribution < -0.4 is 10.6 Å². The Morgan fingerprint density at radius 3 is 2.58 bits per heavy atom. The van der Waals surface area contributed by atoms with Gasteiger partial charge in [0.05, 0.1) is 30.0 Å². The fourth-order valence-corrected chi connectivity index (χ4v) is 5.07. The van der Waals surface area contributed by atoms with Gasteiger partial charge in [0.1, 0.15) is 12.4 Å². The maximum Gasteiger partial charge on any atom is 0.406 e. The molecular formula is C28H32F4N4OS. The van der Waals surface area contributed by atoms with Crippen LogP contribution in [0, 0.1) is 17.7 Å². The summed E-state index contributed by atoms with van der Waals surface area (Å²) in [6.07, 6.45) is -0.658. The molecular weight excluding hydrogens is 516 g/mol. The van der Waals surface area contributed by atoms with Crippen molar-refractivity contribution in [3.63, 3.8) is 0 Å². The summed E-state index contributed by atoms with van der Waals surface area (Å²) in [4.78, 5) is 3.16. The number of aromatic nitrogens is 1. The van der Waals surface area contributed by atoms with Gasteiger partial charge in [0.15, 0.2) is 0 Å². The Morgan fingerprint density at radius 2 is 1.89 bits per heavy atom. The lowest BCUT2D eigenvalue weighted by atomic mass is 10.0. The minimum Gasteiger partial charge on any atom is -0.383 e. The summed E-state index contributed by atoms with van der Waals surface area (Å²) in [6.45, 7) is 2.43. The van der Waals surface area contributed by atoms with E-state index in [1.54, 1.807) is 37.4 Å². The molecule has 1 saturated heterocycles. The van der Waals surface area contributed by atoms with E-state index in [0.29, 0.717) is 23.2 Å². The zero-order chi connectivity index (χ0) is 27.1. The molecule has 1 aliphatic rings. The van der Waals surface area contributed by atoms with E-state index in [-0.39, 0.29) is 18.3 Å². The predicted molar refractivity (Wildman–Crippen MR) is 147 cm³/mol. The Bertz CT molecular complexity index is 1290. The quantitative estimate of drug-likeness (QED) is 0.194. The van der Waals surface area contributed by atoms with Gasteiger partial charge in [-0.3, -0.25) is 0 Å². The Balaban J connectivity index is 1.52. The lowest BCUT2D eigenvalue weighted by molar-refractivity contribution is -0.140. The fourth-order valence-electron chi connectivity index (χ4n) is 4.65. The van der Waals surface area contributed by atoms with E-state index in [4.69, 9.17) is 4.74 Å². The van der Waals surface area contributed by atoms with E-state index in [1.165, 1.54) is 22.4 Å². The molecule has 0 spiro atoms. The van der Waals surface area contributed by atoms with Gasteiger partial charge in [-0.15, -0.1) is 11.8 Å². The number of methoxy groups -OCH3 is 1. The van der Waals surface area contributed by atoms with Gasteiger partial charge in [-0.25, -0.2) is 4.39 Å². The van der Waals surface area contributed by atoms with E-state index in [2.05, 4.69) is 27.4 Å². The van der Waals surface area contributed by atoms with Crippen LogP contribution in [-0.2, 0) is 11.3 Å². The van der Waals surface area contributed by atoms with Gasteiger partial charge >= 0.3 is 6.18 Å². The van der Waals surface area contributed by atoms with Crippen LogP contribution in [-0.4, -0.2) is 67.8 Å². The maximum absolute atomic E-state index is 14.2. The molecule has 0 unspecified atom stereocenters. The number of nitrogens with one attached hydrogen (secondary N) is 2. The van der Waals surface area contributed by atoms with Crippen molar-refractivity contribution in [3.8, 4) is 11.8 Å². The number of nitrogens with zero attached hydrogens (tertiary/aromatic N) is 2. The summed E-state index contributed by atoms with van der Waals surface area (Å²) in [5, 5.41) is 7.16. The molecule has 0 bridgehead atoms. The third-order valence-electron chi connectivity index (χ3n) is 6.60. The fraction of sp³-hybridized carbons (Fsp3) is 0.429. The summed E-state index contributed by atoms with van der Waals surface area (Å²) in [5.41, 5.74) is 1.84. The first-order valence-corrected chi connectivity index (χ1v) is 13.7. The molecule has 204 valence electrons. The highest BCUT2D eigenvalue weighted by Crippen LogP contribution is 2.31. The molecule has 2 aromatic carbocycles. The van der Waals surface area contributed by atoms with Gasteiger partial charge in [-0.2, -0.15) is 13.2 Å². The number of anilines is 2. The van der Waals surface area contributed by atoms with Gasteiger partial charge in [0, 0.05) is 48.8 Å². The molecule has 0 saturated carbocycles. The number of fused-ring (bicyclic) bond motifs is 1. The Labute approximate surface area is 224 Å². The minimum atomic E-state index is -4.40. The van der Waals surface area contributed by atoms with Crippen molar-refractivity contribution in [1.82, 2.24) is 9.47 Å². The van der Waals surface area contributed by atoms with Crippen LogP contribution in [0.2, 0.25) is 0 Å². The highest BCUT2D eigenvalue weighted by molar-refractivity contribution is 7.98.